The zero-order chi connectivity index (χ0) is 28.1. The third kappa shape index (κ3) is 3.87. The third-order valence-electron chi connectivity index (χ3n) is 7.57. The van der Waals surface area contributed by atoms with Gasteiger partial charge in [-0.25, -0.2) is 9.69 Å². The maximum atomic E-state index is 14.2. The van der Waals surface area contributed by atoms with E-state index in [1.807, 2.05) is 48.5 Å². The molecule has 202 valence electrons. The molecule has 4 amide bonds. The van der Waals surface area contributed by atoms with E-state index in [1.165, 1.54) is 19.1 Å². The lowest BCUT2D eigenvalue weighted by Gasteiger charge is -2.36. The molecule has 3 heterocycles. The number of carboxylic acid groups (broad SMARTS) is 1. The van der Waals surface area contributed by atoms with Gasteiger partial charge < -0.3 is 20.1 Å². The predicted molar refractivity (Wildman–Crippen MR) is 146 cm³/mol. The Labute approximate surface area is 229 Å². The number of carbonyl (C=O) groups is 4. The van der Waals surface area contributed by atoms with Crippen LogP contribution in [0.25, 0.3) is 10.9 Å². The minimum atomic E-state index is -1.20. The molecule has 0 aliphatic carbocycles. The van der Waals surface area contributed by atoms with Crippen LogP contribution in [0.2, 0.25) is 0 Å². The van der Waals surface area contributed by atoms with E-state index >= 15 is 0 Å². The molecule has 3 aromatic carbocycles. The number of carboxylic acids is 1. The highest BCUT2D eigenvalue weighted by molar-refractivity contribution is 6.24. The molecule has 0 bridgehead atoms. The van der Waals surface area contributed by atoms with Gasteiger partial charge in [0.05, 0.1) is 18.4 Å². The van der Waals surface area contributed by atoms with Crippen molar-refractivity contribution in [2.45, 2.75) is 31.5 Å². The van der Waals surface area contributed by atoms with Crippen molar-refractivity contribution >= 4 is 40.4 Å². The second-order valence-corrected chi connectivity index (χ2v) is 9.88. The highest BCUT2D eigenvalue weighted by Crippen LogP contribution is 2.45. The van der Waals surface area contributed by atoms with E-state index in [1.54, 1.807) is 24.1 Å². The first kappa shape index (κ1) is 25.2. The van der Waals surface area contributed by atoms with Crippen molar-refractivity contribution < 1.29 is 29.0 Å². The van der Waals surface area contributed by atoms with E-state index in [0.717, 1.165) is 32.6 Å². The smallest absolute Gasteiger partial charge is 0.332 e. The second-order valence-electron chi connectivity index (χ2n) is 9.88. The normalized spacial score (nSPS) is 18.9. The molecule has 3 atom stereocenters. The lowest BCUT2D eigenvalue weighted by molar-refractivity contribution is -0.138. The Balaban J connectivity index is 1.47. The molecule has 0 radical (unpaired) electrons. The van der Waals surface area contributed by atoms with Gasteiger partial charge in [0.25, 0.3) is 11.8 Å². The van der Waals surface area contributed by atoms with Crippen molar-refractivity contribution in [3.05, 3.63) is 95.2 Å². The topological polar surface area (TPSA) is 132 Å². The Morgan fingerprint density at radius 2 is 1.80 bits per heavy atom. The number of hydrogen-bond acceptors (Lipinski definition) is 5. The molecule has 40 heavy (non-hydrogen) atoms. The molecule has 10 nitrogen and oxygen atoms in total. The van der Waals surface area contributed by atoms with Crippen LogP contribution in [0.15, 0.2) is 72.8 Å². The number of rotatable bonds is 6. The minimum absolute atomic E-state index is 0.0269. The Hall–Kier alpha value is -5.12. The molecule has 6 rings (SSSR count). The fourth-order valence-electron chi connectivity index (χ4n) is 5.65. The average molecular weight is 539 g/mol. The molecule has 1 saturated heterocycles. The summed E-state index contributed by atoms with van der Waals surface area (Å²) in [5, 5.41) is 12.6. The number of carbonyl (C=O) groups excluding carboxylic acids is 3. The summed E-state index contributed by atoms with van der Waals surface area (Å²) in [5.74, 6) is -1.75. The standard InChI is InChI=1S/C30H26N4O6/c1-16(29(37)38)31-27(35)20-11-4-6-13-23(20)34-28(36)24-15-21-19-10-3-5-12-22(19)32-25(21)26(33(24)30(34)39)17-8-7-9-18(14-17)40-2/h3-14,16,24,26,32H,15H2,1-2H3,(H,31,35)(H,37,38)/t16-,24+,26?/m1/s1. The summed E-state index contributed by atoms with van der Waals surface area (Å²) in [6.07, 6.45) is 0.297. The largest absolute Gasteiger partial charge is 0.497 e. The summed E-state index contributed by atoms with van der Waals surface area (Å²) in [6, 6.07) is 18.2. The zero-order valence-corrected chi connectivity index (χ0v) is 21.8. The van der Waals surface area contributed by atoms with Gasteiger partial charge in [-0.3, -0.25) is 19.3 Å². The van der Waals surface area contributed by atoms with Crippen LogP contribution >= 0.6 is 0 Å². The van der Waals surface area contributed by atoms with Gasteiger partial charge in [0.2, 0.25) is 0 Å². The predicted octanol–water partition coefficient (Wildman–Crippen LogP) is 3.86. The monoisotopic (exact) mass is 538 g/mol. The summed E-state index contributed by atoms with van der Waals surface area (Å²) in [6.45, 7) is 1.34. The third-order valence-corrected chi connectivity index (χ3v) is 7.57. The molecule has 0 saturated carbocycles. The molecule has 3 N–H and O–H groups in total. The quantitative estimate of drug-likeness (QED) is 0.320. The van der Waals surface area contributed by atoms with Gasteiger partial charge in [0.15, 0.2) is 0 Å². The number of H-pyrrole nitrogens is 1. The summed E-state index contributed by atoms with van der Waals surface area (Å²) < 4.78 is 5.46. The average Bonchev–Trinajstić information content (AvgIpc) is 3.45. The number of imide groups is 1. The molecule has 2 aliphatic rings. The maximum absolute atomic E-state index is 14.2. The molecule has 1 fully saturated rings. The number of anilines is 1. The number of nitrogens with zero attached hydrogens (tertiary/aromatic N) is 2. The van der Waals surface area contributed by atoms with Gasteiger partial charge >= 0.3 is 12.0 Å². The van der Waals surface area contributed by atoms with Gasteiger partial charge in [-0.1, -0.05) is 42.5 Å². The molecule has 1 aromatic heterocycles. The van der Waals surface area contributed by atoms with Gasteiger partial charge in [-0.15, -0.1) is 0 Å². The Morgan fingerprint density at radius 3 is 2.58 bits per heavy atom. The first-order valence-electron chi connectivity index (χ1n) is 12.8. The lowest BCUT2D eigenvalue weighted by Crippen LogP contribution is -2.44. The summed E-state index contributed by atoms with van der Waals surface area (Å²) in [5.41, 5.74) is 3.57. The number of hydrogen-bond donors (Lipinski definition) is 3. The van der Waals surface area contributed by atoms with E-state index in [4.69, 9.17) is 4.74 Å². The van der Waals surface area contributed by atoms with Crippen molar-refractivity contribution in [1.29, 1.82) is 0 Å². The van der Waals surface area contributed by atoms with Gasteiger partial charge in [-0.2, -0.15) is 0 Å². The van der Waals surface area contributed by atoms with Crippen molar-refractivity contribution in [3.63, 3.8) is 0 Å². The molecule has 10 heteroatoms. The van der Waals surface area contributed by atoms with Crippen LogP contribution in [-0.4, -0.2) is 58.0 Å². The first-order chi connectivity index (χ1) is 19.3. The highest BCUT2D eigenvalue weighted by Gasteiger charge is 2.53. The number of aliphatic carboxylic acids is 1. The highest BCUT2D eigenvalue weighted by atomic mass is 16.5. The number of fused-ring (bicyclic) bond motifs is 4. The van der Waals surface area contributed by atoms with E-state index in [9.17, 15) is 24.3 Å². The number of aromatic amines is 1. The number of para-hydroxylation sites is 2. The number of ether oxygens (including phenoxy) is 1. The zero-order valence-electron chi connectivity index (χ0n) is 21.8. The molecular formula is C30H26N4O6. The summed E-state index contributed by atoms with van der Waals surface area (Å²) in [7, 11) is 1.57. The lowest BCUT2D eigenvalue weighted by atomic mass is 9.89. The number of amides is 4. The summed E-state index contributed by atoms with van der Waals surface area (Å²) >= 11 is 0. The van der Waals surface area contributed by atoms with Crippen LogP contribution in [0.4, 0.5) is 10.5 Å². The molecule has 0 spiro atoms. The van der Waals surface area contributed by atoms with E-state index < -0.39 is 41.9 Å². The van der Waals surface area contributed by atoms with Gasteiger partial charge in [0, 0.05) is 23.0 Å². The fraction of sp³-hybridized carbons (Fsp3) is 0.200. The van der Waals surface area contributed by atoms with Gasteiger partial charge in [0.1, 0.15) is 23.9 Å². The Kier molecular flexibility index (Phi) is 6.02. The van der Waals surface area contributed by atoms with Crippen LogP contribution in [0.5, 0.6) is 5.75 Å². The van der Waals surface area contributed by atoms with E-state index in [-0.39, 0.29) is 11.3 Å². The number of nitrogens with one attached hydrogen (secondary N) is 2. The van der Waals surface area contributed by atoms with Crippen LogP contribution in [0.1, 0.15) is 40.1 Å². The van der Waals surface area contributed by atoms with E-state index in [2.05, 4.69) is 10.3 Å². The van der Waals surface area contributed by atoms with E-state index in [0.29, 0.717) is 12.2 Å². The van der Waals surface area contributed by atoms with Crippen molar-refractivity contribution in [3.8, 4) is 5.75 Å². The first-order valence-corrected chi connectivity index (χ1v) is 12.8. The molecule has 2 aliphatic heterocycles. The number of aromatic nitrogens is 1. The molecule has 1 unspecified atom stereocenters. The SMILES string of the molecule is COc1cccc(C2c3[nH]c4ccccc4c3C[C@H]3C(=O)N(c4ccccc4C(=O)N[C@H](C)C(=O)O)C(=O)N23)c1. The maximum Gasteiger partial charge on any atom is 0.332 e. The number of methoxy groups -OCH3 is 1. The van der Waals surface area contributed by atoms with Gasteiger partial charge in [-0.05, 0) is 48.4 Å². The van der Waals surface area contributed by atoms with Crippen LogP contribution in [0.3, 0.4) is 0 Å². The molecule has 4 aromatic rings. The number of benzene rings is 3. The summed E-state index contributed by atoms with van der Waals surface area (Å²) in [4.78, 5) is 58.7. The van der Waals surface area contributed by atoms with Crippen molar-refractivity contribution in [1.82, 2.24) is 15.2 Å². The Morgan fingerprint density at radius 1 is 1.05 bits per heavy atom. The number of urea groups is 1. The van der Waals surface area contributed by atoms with Crippen LogP contribution in [0, 0.1) is 0 Å². The second kappa shape index (κ2) is 9.57. The molecular weight excluding hydrogens is 512 g/mol. The van der Waals surface area contributed by atoms with Crippen molar-refractivity contribution in [2.24, 2.45) is 0 Å². The van der Waals surface area contributed by atoms with Crippen LogP contribution in [-0.2, 0) is 16.0 Å². The van der Waals surface area contributed by atoms with Crippen LogP contribution < -0.4 is 15.0 Å². The van der Waals surface area contributed by atoms with Crippen molar-refractivity contribution in [2.75, 3.05) is 12.0 Å². The minimum Gasteiger partial charge on any atom is -0.497 e. The Bertz CT molecular complexity index is 1690. The fourth-order valence-corrected chi connectivity index (χ4v) is 5.65.